The Bertz CT molecular complexity index is 2620. The SMILES string of the molecule is CC/C=C\C/C=C\C/C=C\C/C=C\C/C=C\C/C=C\CCCCCCCCCCCCCCC(=O)OCC(O)COP(=O)(O)OCC(O)COP(=O)(O)OCC(COC(=O)CCCCCCCCCC/C=C\C/C=C\C/C=C\C/C=C\C/C=C\C/C=C\CC)OC(=O)CCCCCCC/C=C\C/C=C\CCC. The van der Waals surface area contributed by atoms with Crippen LogP contribution in [0, 0.1) is 0 Å². The number of unbranched alkanes of at least 4 members (excludes halogenated alkanes) is 26. The molecule has 0 aliphatic rings. The first kappa shape index (κ1) is 102. The number of allylic oxidation sites excluding steroid dienone is 28. The molecule has 0 aliphatic heterocycles. The van der Waals surface area contributed by atoms with Gasteiger partial charge in [-0.15, -0.1) is 0 Å². The molecule has 0 spiro atoms. The van der Waals surface area contributed by atoms with Crippen molar-refractivity contribution in [3.05, 3.63) is 170 Å². The molecule has 0 fully saturated rings. The Balaban J connectivity index is 4.50. The summed E-state index contributed by atoms with van der Waals surface area (Å²) in [6.07, 6.45) is 103. The van der Waals surface area contributed by atoms with Crippen molar-refractivity contribution < 1.29 is 75.8 Å². The fourth-order valence-electron chi connectivity index (χ4n) is 10.7. The van der Waals surface area contributed by atoms with Crippen molar-refractivity contribution in [2.75, 3.05) is 39.6 Å². The van der Waals surface area contributed by atoms with E-state index in [1.165, 1.54) is 57.8 Å². The van der Waals surface area contributed by atoms with Gasteiger partial charge in [0, 0.05) is 19.3 Å². The molecule has 0 saturated heterocycles. The number of carbonyl (C=O) groups is 3. The van der Waals surface area contributed by atoms with Crippen molar-refractivity contribution in [2.45, 2.75) is 334 Å². The highest BCUT2D eigenvalue weighted by Crippen LogP contribution is 2.45. The minimum atomic E-state index is -4.94. The zero-order valence-electron chi connectivity index (χ0n) is 66.7. The third kappa shape index (κ3) is 81.7. The first-order valence-electron chi connectivity index (χ1n) is 41.4. The second kappa shape index (κ2) is 80.4. The molecule has 0 radical (unpaired) electrons. The van der Waals surface area contributed by atoms with E-state index < -0.39 is 91.5 Å². The average Bonchev–Trinajstić information content (AvgIpc) is 1.06. The van der Waals surface area contributed by atoms with Gasteiger partial charge in [-0.25, -0.2) is 9.13 Å². The first-order valence-corrected chi connectivity index (χ1v) is 44.4. The van der Waals surface area contributed by atoms with Crippen molar-refractivity contribution in [1.29, 1.82) is 0 Å². The Morgan fingerprint density at radius 3 is 0.785 bits per heavy atom. The molecule has 4 N–H and O–H groups in total. The summed E-state index contributed by atoms with van der Waals surface area (Å²) >= 11 is 0. The van der Waals surface area contributed by atoms with Crippen LogP contribution in [0.4, 0.5) is 0 Å². The molecule has 18 heteroatoms. The van der Waals surface area contributed by atoms with E-state index in [9.17, 15) is 43.5 Å². The Labute approximate surface area is 650 Å². The van der Waals surface area contributed by atoms with Gasteiger partial charge in [0.05, 0.1) is 26.4 Å². The van der Waals surface area contributed by atoms with Crippen LogP contribution in [0.2, 0.25) is 0 Å². The maximum Gasteiger partial charge on any atom is 0.472 e. The molecular formula is C89H148O16P2. The van der Waals surface area contributed by atoms with E-state index in [1.54, 1.807) is 0 Å². The number of phosphoric acid groups is 2. The highest BCUT2D eigenvalue weighted by atomic mass is 31.2. The van der Waals surface area contributed by atoms with E-state index in [2.05, 4.69) is 191 Å². The number of carbonyl (C=O) groups excluding carboxylic acids is 3. The Morgan fingerprint density at radius 1 is 0.271 bits per heavy atom. The van der Waals surface area contributed by atoms with E-state index in [1.807, 2.05) is 0 Å². The predicted molar refractivity (Wildman–Crippen MR) is 445 cm³/mol. The maximum absolute atomic E-state index is 13.0. The number of aliphatic hydroxyl groups is 2. The van der Waals surface area contributed by atoms with Crippen LogP contribution in [-0.2, 0) is 55.8 Å². The van der Waals surface area contributed by atoms with Crippen molar-refractivity contribution in [3.63, 3.8) is 0 Å². The second-order valence-electron chi connectivity index (χ2n) is 27.2. The molecule has 0 heterocycles. The van der Waals surface area contributed by atoms with Crippen LogP contribution in [0.15, 0.2) is 170 Å². The largest absolute Gasteiger partial charge is 0.472 e. The van der Waals surface area contributed by atoms with Crippen LogP contribution in [-0.4, -0.2) is 95.9 Å². The summed E-state index contributed by atoms with van der Waals surface area (Å²) in [6.45, 7) is 2.36. The number of hydrogen-bond donors (Lipinski definition) is 4. The molecule has 0 aromatic rings. The zero-order chi connectivity index (χ0) is 78.0. The van der Waals surface area contributed by atoms with Crippen LogP contribution >= 0.6 is 15.6 Å². The summed E-state index contributed by atoms with van der Waals surface area (Å²) in [5.41, 5.74) is 0. The third-order valence-corrected chi connectivity index (χ3v) is 18.8. The summed E-state index contributed by atoms with van der Waals surface area (Å²) in [4.78, 5) is 58.7. The molecule has 107 heavy (non-hydrogen) atoms. The topological polar surface area (TPSA) is 231 Å². The van der Waals surface area contributed by atoms with Gasteiger partial charge in [0.1, 0.15) is 25.4 Å². The van der Waals surface area contributed by atoms with Gasteiger partial charge in [0.25, 0.3) is 0 Å². The minimum absolute atomic E-state index is 0.0818. The molecule has 0 amide bonds. The van der Waals surface area contributed by atoms with Gasteiger partial charge in [0.2, 0.25) is 0 Å². The molecule has 0 aromatic heterocycles. The number of ether oxygens (including phenoxy) is 3. The summed E-state index contributed by atoms with van der Waals surface area (Å²) in [7, 11) is -9.81. The smallest absolute Gasteiger partial charge is 0.463 e. The Hall–Kier alpha value is -5.09. The van der Waals surface area contributed by atoms with Crippen molar-refractivity contribution in [1.82, 2.24) is 0 Å². The maximum atomic E-state index is 13.0. The fourth-order valence-corrected chi connectivity index (χ4v) is 12.3. The van der Waals surface area contributed by atoms with Crippen molar-refractivity contribution >= 4 is 33.6 Å². The van der Waals surface area contributed by atoms with Gasteiger partial charge in [0.15, 0.2) is 6.10 Å². The van der Waals surface area contributed by atoms with E-state index in [4.69, 9.17) is 32.3 Å². The molecule has 0 bridgehead atoms. The molecule has 5 atom stereocenters. The lowest BCUT2D eigenvalue weighted by Crippen LogP contribution is -2.30. The lowest BCUT2D eigenvalue weighted by atomic mass is 10.0. The normalized spacial score (nSPS) is 14.8. The lowest BCUT2D eigenvalue weighted by Gasteiger charge is -2.21. The van der Waals surface area contributed by atoms with Crippen molar-refractivity contribution in [3.8, 4) is 0 Å². The van der Waals surface area contributed by atoms with Gasteiger partial charge in [-0.05, 0) is 148 Å². The second-order valence-corrected chi connectivity index (χ2v) is 30.1. The van der Waals surface area contributed by atoms with Gasteiger partial charge < -0.3 is 34.2 Å². The molecular weight excluding hydrogens is 1390 g/mol. The summed E-state index contributed by atoms with van der Waals surface area (Å²) in [5.74, 6) is -1.61. The van der Waals surface area contributed by atoms with Crippen LogP contribution in [0.25, 0.3) is 0 Å². The molecule has 0 aliphatic carbocycles. The summed E-state index contributed by atoms with van der Waals surface area (Å²) in [5, 5.41) is 20.7. The standard InChI is InChI=1S/C89H148O16P2/c1-4-7-10-13-16-19-22-25-27-29-31-33-35-37-39-40-41-42-44-46-47-49-51-53-55-58-60-63-66-69-72-75-87(92)99-78-84(90)79-101-106(95,96)102-80-85(91)81-103-107(97,98)104-83-86(105-89(94)77-74-71-68-65-62-57-24-21-18-15-12-9-6-3)82-100-88(93)76-73-70-67-64-61-59-56-54-52-50-48-45-43-38-36-34-32-30-28-26-23-20-17-14-11-8-5-2/h7-8,10-12,15-17,19-21,24-28,31-34,37-39,41-43,48,50,84-86,90-91H,4-6,9,13-14,18,22-23,29-30,35-36,40,44-47,49,51-83H2,1-3H3,(H,95,96)(H,97,98)/b10-7-,11-8-,15-12-,19-16-,20-17-,24-21-,27-25-,28-26-,33-31-,34-32-,39-37-,42-41-,43-38-,50-48-. The first-order chi connectivity index (χ1) is 52.2. The molecule has 0 saturated carbocycles. The molecule has 5 unspecified atom stereocenters. The van der Waals surface area contributed by atoms with Crippen molar-refractivity contribution in [2.24, 2.45) is 0 Å². The van der Waals surface area contributed by atoms with Gasteiger partial charge in [-0.2, -0.15) is 0 Å². The number of phosphoric ester groups is 2. The highest BCUT2D eigenvalue weighted by molar-refractivity contribution is 7.47. The van der Waals surface area contributed by atoms with Gasteiger partial charge in [-0.1, -0.05) is 319 Å². The number of rotatable bonds is 77. The minimum Gasteiger partial charge on any atom is -0.463 e. The summed E-state index contributed by atoms with van der Waals surface area (Å²) < 4.78 is 61.2. The third-order valence-electron chi connectivity index (χ3n) is 16.9. The molecule has 16 nitrogen and oxygen atoms in total. The Morgan fingerprint density at radius 2 is 0.495 bits per heavy atom. The number of hydrogen-bond acceptors (Lipinski definition) is 14. The molecule has 0 rings (SSSR count). The van der Waals surface area contributed by atoms with Crippen LogP contribution in [0.3, 0.4) is 0 Å². The van der Waals surface area contributed by atoms with Gasteiger partial charge >= 0.3 is 33.6 Å². The molecule has 0 aromatic carbocycles. The molecule has 610 valence electrons. The van der Waals surface area contributed by atoms with Crippen LogP contribution in [0.5, 0.6) is 0 Å². The van der Waals surface area contributed by atoms with E-state index in [0.29, 0.717) is 19.3 Å². The van der Waals surface area contributed by atoms with Crippen LogP contribution < -0.4 is 0 Å². The monoisotopic (exact) mass is 1540 g/mol. The number of esters is 3. The predicted octanol–water partition coefficient (Wildman–Crippen LogP) is 24.8. The fraction of sp³-hybridized carbons (Fsp3) is 0.652. The average molecular weight is 1540 g/mol. The summed E-state index contributed by atoms with van der Waals surface area (Å²) in [6, 6.07) is 0. The quantitative estimate of drug-likeness (QED) is 0.0146. The van der Waals surface area contributed by atoms with Gasteiger partial charge in [-0.3, -0.25) is 32.5 Å². The Kier molecular flexibility index (Phi) is 76.6. The van der Waals surface area contributed by atoms with E-state index in [-0.39, 0.29) is 19.3 Å². The van der Waals surface area contributed by atoms with Crippen LogP contribution in [0.1, 0.15) is 316 Å². The van der Waals surface area contributed by atoms with E-state index >= 15 is 0 Å². The highest BCUT2D eigenvalue weighted by Gasteiger charge is 2.29. The van der Waals surface area contributed by atoms with E-state index in [0.717, 1.165) is 199 Å². The lowest BCUT2D eigenvalue weighted by molar-refractivity contribution is -0.161. The zero-order valence-corrected chi connectivity index (χ0v) is 68.5. The number of aliphatic hydroxyl groups excluding tert-OH is 2.